The van der Waals surface area contributed by atoms with Crippen molar-refractivity contribution < 1.29 is 28.2 Å². The first kappa shape index (κ1) is 23.8. The summed E-state index contributed by atoms with van der Waals surface area (Å²) in [4.78, 5) is 23.6. The first-order chi connectivity index (χ1) is 14.3. The Morgan fingerprint density at radius 3 is 2.50 bits per heavy atom. The number of carbonyl (C=O) groups is 2. The summed E-state index contributed by atoms with van der Waals surface area (Å²) in [5, 5.41) is 14.3. The standard InChI is InChI=1S/C18H21ClF2N4O4S/c19-10-7-12(20)11(13(21)8-10)9-29-15-14(17(26)27)16(30-25-15)24-18(28)23-6-4-2-1-3-5-22/h7-8H,1-6,9,22H2,(H,26,27)(H2,23,24,28). The van der Waals surface area contributed by atoms with Gasteiger partial charge in [0.2, 0.25) is 5.88 Å². The molecule has 30 heavy (non-hydrogen) atoms. The van der Waals surface area contributed by atoms with Crippen LogP contribution in [0.1, 0.15) is 41.6 Å². The molecule has 8 nitrogen and oxygen atoms in total. The number of anilines is 1. The van der Waals surface area contributed by atoms with Crippen LogP contribution in [-0.4, -0.2) is 34.6 Å². The van der Waals surface area contributed by atoms with Crippen LogP contribution in [0.3, 0.4) is 0 Å². The molecule has 12 heteroatoms. The topological polar surface area (TPSA) is 127 Å². The van der Waals surface area contributed by atoms with Gasteiger partial charge in [-0.05, 0) is 43.1 Å². The molecule has 1 aromatic heterocycles. The monoisotopic (exact) mass is 462 g/mol. The Morgan fingerprint density at radius 2 is 1.87 bits per heavy atom. The number of hydrogen-bond acceptors (Lipinski definition) is 6. The highest BCUT2D eigenvalue weighted by Gasteiger charge is 2.24. The van der Waals surface area contributed by atoms with Gasteiger partial charge in [0.1, 0.15) is 23.2 Å². The van der Waals surface area contributed by atoms with E-state index in [1.807, 2.05) is 0 Å². The number of benzene rings is 1. The molecule has 5 N–H and O–H groups in total. The van der Waals surface area contributed by atoms with Crippen LogP contribution in [-0.2, 0) is 6.61 Å². The number of rotatable bonds is 11. The summed E-state index contributed by atoms with van der Waals surface area (Å²) in [5.41, 5.74) is 4.57. The number of aromatic carboxylic acids is 1. The van der Waals surface area contributed by atoms with Crippen molar-refractivity contribution in [2.75, 3.05) is 18.4 Å². The molecule has 0 spiro atoms. The van der Waals surface area contributed by atoms with E-state index in [2.05, 4.69) is 15.0 Å². The lowest BCUT2D eigenvalue weighted by Crippen LogP contribution is -2.29. The Bertz CT molecular complexity index is 874. The Morgan fingerprint density at radius 1 is 1.20 bits per heavy atom. The lowest BCUT2D eigenvalue weighted by atomic mass is 10.2. The van der Waals surface area contributed by atoms with E-state index in [-0.39, 0.29) is 15.9 Å². The molecule has 0 saturated carbocycles. The van der Waals surface area contributed by atoms with Gasteiger partial charge >= 0.3 is 12.0 Å². The van der Waals surface area contributed by atoms with Crippen LogP contribution in [0.2, 0.25) is 5.02 Å². The zero-order valence-electron chi connectivity index (χ0n) is 15.8. The fourth-order valence-corrected chi connectivity index (χ4v) is 3.38. The minimum Gasteiger partial charge on any atom is -0.477 e. The number of carboxylic acid groups (broad SMARTS) is 1. The number of urea groups is 1. The van der Waals surface area contributed by atoms with Crippen LogP contribution < -0.4 is 21.1 Å². The third kappa shape index (κ3) is 6.78. The van der Waals surface area contributed by atoms with Gasteiger partial charge in [0.25, 0.3) is 0 Å². The minimum absolute atomic E-state index is 0.0600. The molecule has 164 valence electrons. The summed E-state index contributed by atoms with van der Waals surface area (Å²) in [7, 11) is 0. The molecule has 0 unspecified atom stereocenters. The number of nitrogens with two attached hydrogens (primary N) is 1. The van der Waals surface area contributed by atoms with Gasteiger partial charge in [-0.15, -0.1) is 0 Å². The van der Waals surface area contributed by atoms with Crippen LogP contribution in [0.5, 0.6) is 5.88 Å². The van der Waals surface area contributed by atoms with E-state index in [9.17, 15) is 23.5 Å². The van der Waals surface area contributed by atoms with E-state index in [1.165, 1.54) is 0 Å². The summed E-state index contributed by atoms with van der Waals surface area (Å²) in [5.74, 6) is -3.64. The molecule has 1 heterocycles. The molecular weight excluding hydrogens is 442 g/mol. The smallest absolute Gasteiger partial charge is 0.344 e. The van der Waals surface area contributed by atoms with Gasteiger partial charge in [-0.3, -0.25) is 5.32 Å². The normalized spacial score (nSPS) is 10.7. The van der Waals surface area contributed by atoms with Gasteiger partial charge in [0.15, 0.2) is 5.56 Å². The second-order valence-electron chi connectivity index (χ2n) is 6.22. The molecule has 2 amide bonds. The predicted octanol–water partition coefficient (Wildman–Crippen LogP) is 3.99. The first-order valence-corrected chi connectivity index (χ1v) is 10.2. The molecule has 0 aliphatic heterocycles. The maximum atomic E-state index is 13.9. The summed E-state index contributed by atoms with van der Waals surface area (Å²) < 4.78 is 36.7. The van der Waals surface area contributed by atoms with Crippen LogP contribution in [0.15, 0.2) is 12.1 Å². The van der Waals surface area contributed by atoms with Crippen LogP contribution >= 0.6 is 23.1 Å². The largest absolute Gasteiger partial charge is 0.477 e. The van der Waals surface area contributed by atoms with Crippen LogP contribution in [0.25, 0.3) is 0 Å². The summed E-state index contributed by atoms with van der Waals surface area (Å²) in [6.45, 7) is 0.433. The Kier molecular flexibility index (Phi) is 9.21. The number of aromatic nitrogens is 1. The van der Waals surface area contributed by atoms with E-state index >= 15 is 0 Å². The zero-order valence-corrected chi connectivity index (χ0v) is 17.4. The second kappa shape index (κ2) is 11.6. The number of nitrogens with one attached hydrogen (secondary N) is 2. The van der Waals surface area contributed by atoms with Gasteiger partial charge in [-0.1, -0.05) is 24.4 Å². The van der Waals surface area contributed by atoms with Crippen molar-refractivity contribution in [1.29, 1.82) is 0 Å². The number of carbonyl (C=O) groups excluding carboxylic acids is 1. The van der Waals surface area contributed by atoms with Gasteiger partial charge in [0, 0.05) is 11.6 Å². The van der Waals surface area contributed by atoms with Crippen molar-refractivity contribution in [1.82, 2.24) is 9.69 Å². The summed E-state index contributed by atoms with van der Waals surface area (Å²) in [6, 6.07) is 1.23. The molecule has 0 saturated heterocycles. The average Bonchev–Trinajstić information content (AvgIpc) is 3.06. The van der Waals surface area contributed by atoms with E-state index in [0.717, 1.165) is 37.8 Å². The highest BCUT2D eigenvalue weighted by Crippen LogP contribution is 2.31. The number of carboxylic acids is 1. The molecule has 1 aromatic carbocycles. The third-order valence-electron chi connectivity index (χ3n) is 3.98. The summed E-state index contributed by atoms with van der Waals surface area (Å²) >= 11 is 6.24. The number of nitrogens with zero attached hydrogens (tertiary/aromatic N) is 1. The second-order valence-corrected chi connectivity index (χ2v) is 7.43. The highest BCUT2D eigenvalue weighted by molar-refractivity contribution is 7.11. The van der Waals surface area contributed by atoms with Crippen LogP contribution in [0.4, 0.5) is 18.6 Å². The maximum absolute atomic E-state index is 13.9. The van der Waals surface area contributed by atoms with Crippen molar-refractivity contribution in [3.05, 3.63) is 39.9 Å². The Hall–Kier alpha value is -2.50. The number of unbranched alkanes of at least 4 members (excludes halogenated alkanes) is 3. The first-order valence-electron chi connectivity index (χ1n) is 9.07. The predicted molar refractivity (Wildman–Crippen MR) is 109 cm³/mol. The Balaban J connectivity index is 1.98. The molecule has 0 radical (unpaired) electrons. The number of amides is 2. The van der Waals surface area contributed by atoms with E-state index < -0.39 is 41.4 Å². The fraction of sp³-hybridized carbons (Fsp3) is 0.389. The molecule has 0 aliphatic carbocycles. The van der Waals surface area contributed by atoms with Crippen LogP contribution in [0, 0.1) is 11.6 Å². The van der Waals surface area contributed by atoms with Crippen molar-refractivity contribution in [3.63, 3.8) is 0 Å². The number of hydrogen-bond donors (Lipinski definition) is 4. The van der Waals surface area contributed by atoms with Gasteiger partial charge < -0.3 is 20.9 Å². The van der Waals surface area contributed by atoms with Crippen molar-refractivity contribution in [2.24, 2.45) is 5.73 Å². The van der Waals surface area contributed by atoms with Gasteiger partial charge in [-0.2, -0.15) is 4.37 Å². The Labute approximate surface area is 180 Å². The fourth-order valence-electron chi connectivity index (χ4n) is 2.47. The lowest BCUT2D eigenvalue weighted by molar-refractivity contribution is 0.0693. The molecule has 0 aliphatic rings. The average molecular weight is 463 g/mol. The zero-order chi connectivity index (χ0) is 22.1. The van der Waals surface area contributed by atoms with Gasteiger partial charge in [-0.25, -0.2) is 18.4 Å². The molecule has 0 atom stereocenters. The van der Waals surface area contributed by atoms with E-state index in [0.29, 0.717) is 24.6 Å². The summed E-state index contributed by atoms with van der Waals surface area (Å²) in [6.07, 6.45) is 3.55. The molecule has 2 rings (SSSR count). The number of ether oxygens (including phenoxy) is 1. The quantitative estimate of drug-likeness (QED) is 0.374. The van der Waals surface area contributed by atoms with E-state index in [4.69, 9.17) is 22.1 Å². The maximum Gasteiger partial charge on any atom is 0.344 e. The molecule has 2 aromatic rings. The molecule has 0 fully saturated rings. The van der Waals surface area contributed by atoms with Crippen molar-refractivity contribution >= 4 is 40.1 Å². The molecule has 0 bridgehead atoms. The highest BCUT2D eigenvalue weighted by atomic mass is 35.5. The van der Waals surface area contributed by atoms with Gasteiger partial charge in [0.05, 0.1) is 5.56 Å². The number of halogens is 3. The SMILES string of the molecule is NCCCCCCNC(=O)Nc1snc(OCc2c(F)cc(Cl)cc2F)c1C(=O)O. The van der Waals surface area contributed by atoms with E-state index in [1.54, 1.807) is 0 Å². The lowest BCUT2D eigenvalue weighted by Gasteiger charge is -2.08. The minimum atomic E-state index is -1.41. The van der Waals surface area contributed by atoms with Crippen molar-refractivity contribution in [3.8, 4) is 5.88 Å². The third-order valence-corrected chi connectivity index (χ3v) is 4.94. The molecular formula is C18H21ClF2N4O4S. The van der Waals surface area contributed by atoms with Crippen molar-refractivity contribution in [2.45, 2.75) is 32.3 Å².